The average Bonchev–Trinajstić information content (AvgIpc) is 2.06. The lowest BCUT2D eigenvalue weighted by Crippen LogP contribution is -1.94. The molecule has 0 saturated carbocycles. The van der Waals surface area contributed by atoms with Crippen molar-refractivity contribution in [2.75, 3.05) is 6.26 Å². The molecule has 0 atom stereocenters. The summed E-state index contributed by atoms with van der Waals surface area (Å²) in [6.45, 7) is 0. The number of aromatic nitrogens is 3. The minimum absolute atomic E-state index is 0.295. The lowest BCUT2D eigenvalue weighted by Gasteiger charge is -1.93. The maximum absolute atomic E-state index is 8.34. The predicted molar refractivity (Wildman–Crippen MR) is 40.9 cm³/mol. The molecule has 11 heavy (non-hydrogen) atoms. The Labute approximate surface area is 68.7 Å². The van der Waals surface area contributed by atoms with Gasteiger partial charge in [0.1, 0.15) is 0 Å². The maximum Gasteiger partial charge on any atom is 0.209 e. The number of hydrogen-bond acceptors (Lipinski definition) is 5. The molecule has 1 aromatic rings. The lowest BCUT2D eigenvalue weighted by molar-refractivity contribution is 0.807. The van der Waals surface area contributed by atoms with Crippen molar-refractivity contribution >= 4 is 11.8 Å². The molecule has 0 unspecified atom stereocenters. The van der Waals surface area contributed by atoms with Crippen molar-refractivity contribution in [3.05, 3.63) is 11.9 Å². The summed E-state index contributed by atoms with van der Waals surface area (Å²) in [5.74, 6) is 0. The van der Waals surface area contributed by atoms with Gasteiger partial charge in [-0.1, -0.05) is 11.8 Å². The molecule has 56 valence electrons. The molecular weight excluding hydrogens is 160 g/mol. The second kappa shape index (κ2) is 3.88. The number of nitriles is 1. The lowest BCUT2D eigenvalue weighted by atomic mass is 10.4. The van der Waals surface area contributed by atoms with Crippen molar-refractivity contribution < 1.29 is 0 Å². The summed E-state index contributed by atoms with van der Waals surface area (Å²) in [5, 5.41) is 16.4. The van der Waals surface area contributed by atoms with E-state index in [9.17, 15) is 0 Å². The minimum atomic E-state index is 0.295. The first-order valence-electron chi connectivity index (χ1n) is 2.96. The normalized spacial score (nSPS) is 9.09. The van der Waals surface area contributed by atoms with Gasteiger partial charge < -0.3 is 0 Å². The Bertz CT molecular complexity index is 280. The van der Waals surface area contributed by atoms with Crippen LogP contribution in [0.1, 0.15) is 5.69 Å². The van der Waals surface area contributed by atoms with Gasteiger partial charge in [0.25, 0.3) is 0 Å². The summed E-state index contributed by atoms with van der Waals surface area (Å²) < 4.78 is 0. The second-order valence-electron chi connectivity index (χ2n) is 1.77. The third-order valence-electron chi connectivity index (χ3n) is 1.03. The highest BCUT2D eigenvalue weighted by Crippen LogP contribution is 2.05. The van der Waals surface area contributed by atoms with Gasteiger partial charge in [-0.05, 0) is 6.26 Å². The van der Waals surface area contributed by atoms with E-state index in [1.54, 1.807) is 0 Å². The molecule has 0 aliphatic rings. The van der Waals surface area contributed by atoms with E-state index < -0.39 is 0 Å². The van der Waals surface area contributed by atoms with E-state index in [2.05, 4.69) is 15.2 Å². The molecule has 0 aliphatic carbocycles. The van der Waals surface area contributed by atoms with Crippen LogP contribution in [0, 0.1) is 11.3 Å². The van der Waals surface area contributed by atoms with Crippen LogP contribution in [0.2, 0.25) is 0 Å². The molecule has 0 spiro atoms. The van der Waals surface area contributed by atoms with Crippen LogP contribution < -0.4 is 0 Å². The van der Waals surface area contributed by atoms with Gasteiger partial charge in [-0.15, -0.1) is 5.10 Å². The molecule has 1 heterocycles. The van der Waals surface area contributed by atoms with E-state index in [1.807, 2.05) is 12.3 Å². The van der Waals surface area contributed by atoms with E-state index in [4.69, 9.17) is 5.26 Å². The van der Waals surface area contributed by atoms with Crippen molar-refractivity contribution in [2.24, 2.45) is 0 Å². The van der Waals surface area contributed by atoms with E-state index in [0.29, 0.717) is 17.3 Å². The fourth-order valence-corrected chi connectivity index (χ4v) is 0.909. The zero-order chi connectivity index (χ0) is 8.10. The van der Waals surface area contributed by atoms with Crippen LogP contribution in [0.25, 0.3) is 0 Å². The first-order chi connectivity index (χ1) is 5.36. The van der Waals surface area contributed by atoms with Crippen LogP contribution in [0.3, 0.4) is 0 Å². The molecule has 0 fully saturated rings. The minimum Gasteiger partial charge on any atom is -0.223 e. The molecule has 1 rings (SSSR count). The molecule has 0 amide bonds. The van der Waals surface area contributed by atoms with Crippen LogP contribution in [-0.4, -0.2) is 21.4 Å². The van der Waals surface area contributed by atoms with Gasteiger partial charge in [0.2, 0.25) is 5.16 Å². The third kappa shape index (κ3) is 2.16. The number of thioether (sulfide) groups is 1. The monoisotopic (exact) mass is 166 g/mol. The Kier molecular flexibility index (Phi) is 2.81. The Morgan fingerprint density at radius 1 is 1.73 bits per heavy atom. The summed E-state index contributed by atoms with van der Waals surface area (Å²) in [6, 6.07) is 2.00. The van der Waals surface area contributed by atoms with Crippen LogP contribution in [0.15, 0.2) is 11.4 Å². The van der Waals surface area contributed by atoms with Crippen molar-refractivity contribution in [1.29, 1.82) is 5.26 Å². The Morgan fingerprint density at radius 2 is 2.55 bits per heavy atom. The van der Waals surface area contributed by atoms with Gasteiger partial charge in [-0.2, -0.15) is 10.4 Å². The first-order valence-corrected chi connectivity index (χ1v) is 4.19. The zero-order valence-electron chi connectivity index (χ0n) is 5.98. The zero-order valence-corrected chi connectivity index (χ0v) is 6.80. The Hall–Kier alpha value is -1.15. The highest BCUT2D eigenvalue weighted by molar-refractivity contribution is 7.98. The second-order valence-corrected chi connectivity index (χ2v) is 2.54. The fraction of sp³-hybridized carbons (Fsp3) is 0.333. The molecule has 0 radical (unpaired) electrons. The molecular formula is C6H6N4S. The van der Waals surface area contributed by atoms with Crippen molar-refractivity contribution in [3.63, 3.8) is 0 Å². The quantitative estimate of drug-likeness (QED) is 0.604. The molecule has 0 saturated heterocycles. The van der Waals surface area contributed by atoms with E-state index >= 15 is 0 Å². The smallest absolute Gasteiger partial charge is 0.209 e. The van der Waals surface area contributed by atoms with Gasteiger partial charge in [-0.25, -0.2) is 4.98 Å². The van der Waals surface area contributed by atoms with Gasteiger partial charge in [0.15, 0.2) is 0 Å². The summed E-state index contributed by atoms with van der Waals surface area (Å²) in [5.41, 5.74) is 0.673. The van der Waals surface area contributed by atoms with Gasteiger partial charge in [0.05, 0.1) is 24.4 Å². The van der Waals surface area contributed by atoms with Crippen LogP contribution in [0.5, 0.6) is 0 Å². The molecule has 4 nitrogen and oxygen atoms in total. The largest absolute Gasteiger partial charge is 0.223 e. The standard InChI is InChI=1S/C6H6N4S/c1-11-6-9-5(2-3-7)4-8-10-6/h4H,2H2,1H3. The van der Waals surface area contributed by atoms with Crippen molar-refractivity contribution in [1.82, 2.24) is 15.2 Å². The highest BCUT2D eigenvalue weighted by Gasteiger charge is 1.96. The maximum atomic E-state index is 8.34. The molecule has 5 heteroatoms. The van der Waals surface area contributed by atoms with Gasteiger partial charge in [0, 0.05) is 0 Å². The number of hydrogen-bond donors (Lipinski definition) is 0. The molecule has 0 bridgehead atoms. The highest BCUT2D eigenvalue weighted by atomic mass is 32.2. The Morgan fingerprint density at radius 3 is 3.18 bits per heavy atom. The fourth-order valence-electron chi connectivity index (χ4n) is 0.572. The van der Waals surface area contributed by atoms with Gasteiger partial charge in [-0.3, -0.25) is 0 Å². The summed E-state index contributed by atoms with van der Waals surface area (Å²) >= 11 is 1.41. The summed E-state index contributed by atoms with van der Waals surface area (Å²) in [6.07, 6.45) is 3.67. The molecule has 0 aromatic carbocycles. The van der Waals surface area contributed by atoms with Crippen molar-refractivity contribution in [3.8, 4) is 6.07 Å². The molecule has 1 aromatic heterocycles. The molecule has 0 N–H and O–H groups in total. The van der Waals surface area contributed by atoms with E-state index in [1.165, 1.54) is 18.0 Å². The van der Waals surface area contributed by atoms with Crippen LogP contribution >= 0.6 is 11.8 Å². The summed E-state index contributed by atoms with van der Waals surface area (Å²) in [7, 11) is 0. The van der Waals surface area contributed by atoms with Crippen molar-refractivity contribution in [2.45, 2.75) is 11.6 Å². The third-order valence-corrected chi connectivity index (χ3v) is 1.57. The predicted octanol–water partition coefficient (Wildman–Crippen LogP) is 0.660. The first kappa shape index (κ1) is 7.95. The van der Waals surface area contributed by atoms with E-state index in [0.717, 1.165) is 0 Å². The van der Waals surface area contributed by atoms with E-state index in [-0.39, 0.29) is 0 Å². The summed E-state index contributed by atoms with van der Waals surface area (Å²) in [4.78, 5) is 4.05. The van der Waals surface area contributed by atoms with Crippen LogP contribution in [-0.2, 0) is 6.42 Å². The molecule has 0 aliphatic heterocycles. The topological polar surface area (TPSA) is 62.5 Å². The number of rotatable bonds is 2. The SMILES string of the molecule is CSc1nncc(CC#N)n1. The number of nitrogens with zero attached hydrogens (tertiary/aromatic N) is 4. The average molecular weight is 166 g/mol. The van der Waals surface area contributed by atoms with Gasteiger partial charge >= 0.3 is 0 Å². The van der Waals surface area contributed by atoms with Crippen LogP contribution in [0.4, 0.5) is 0 Å². The Balaban J connectivity index is 2.84.